The highest BCUT2D eigenvalue weighted by atomic mass is 19.1. The van der Waals surface area contributed by atoms with Crippen LogP contribution in [-0.2, 0) is 0 Å². The van der Waals surface area contributed by atoms with Gasteiger partial charge in [-0.3, -0.25) is 0 Å². The molecule has 2 rings (SSSR count). The molecule has 0 N–H and O–H groups in total. The third-order valence-electron chi connectivity index (χ3n) is 2.41. The smallest absolute Gasteiger partial charge is 0.224 e. The minimum Gasteiger partial charge on any atom is -0.224 e. The normalized spacial score (nSPS) is 10.0. The number of aryl methyl sites for hydroxylation is 2. The molecule has 0 aliphatic carbocycles. The summed E-state index contributed by atoms with van der Waals surface area (Å²) in [4.78, 5) is 8.07. The highest BCUT2D eigenvalue weighted by Crippen LogP contribution is 2.20. The highest BCUT2D eigenvalue weighted by molar-refractivity contribution is 5.60. The molecule has 0 unspecified atom stereocenters. The minimum absolute atomic E-state index is 0.127. The first kappa shape index (κ1) is 11.2. The van der Waals surface area contributed by atoms with Crippen LogP contribution in [0.4, 0.5) is 4.39 Å². The molecular weight excluding hydrogens is 217 g/mol. The SMILES string of the molecule is Cc1cc(-c2ccc(F)c(C)c2)nc(C#N)n1. The van der Waals surface area contributed by atoms with Crippen molar-refractivity contribution in [3.05, 3.63) is 47.2 Å². The number of aromatic nitrogens is 2. The van der Waals surface area contributed by atoms with Gasteiger partial charge in [-0.2, -0.15) is 5.26 Å². The quantitative estimate of drug-likeness (QED) is 0.752. The van der Waals surface area contributed by atoms with Crippen molar-refractivity contribution in [3.63, 3.8) is 0 Å². The van der Waals surface area contributed by atoms with E-state index in [1.807, 2.05) is 6.07 Å². The Morgan fingerprint density at radius 3 is 2.59 bits per heavy atom. The summed E-state index contributed by atoms with van der Waals surface area (Å²) < 4.78 is 13.2. The van der Waals surface area contributed by atoms with Crippen LogP contribution in [-0.4, -0.2) is 9.97 Å². The van der Waals surface area contributed by atoms with Gasteiger partial charge in [0.05, 0.1) is 5.69 Å². The molecule has 84 valence electrons. The molecule has 1 aromatic heterocycles. The number of nitriles is 1. The standard InChI is InChI=1S/C13H10FN3/c1-8-5-10(3-4-11(8)14)12-6-9(2)16-13(7-15)17-12/h3-6H,1-2H3. The van der Waals surface area contributed by atoms with Gasteiger partial charge in [0.1, 0.15) is 11.9 Å². The van der Waals surface area contributed by atoms with E-state index in [1.54, 1.807) is 32.0 Å². The minimum atomic E-state index is -0.250. The Balaban J connectivity index is 2.56. The van der Waals surface area contributed by atoms with Crippen LogP contribution < -0.4 is 0 Å². The third-order valence-corrected chi connectivity index (χ3v) is 2.41. The summed E-state index contributed by atoms with van der Waals surface area (Å²) >= 11 is 0. The first-order valence-corrected chi connectivity index (χ1v) is 5.12. The molecule has 17 heavy (non-hydrogen) atoms. The molecule has 1 heterocycles. The first-order chi connectivity index (χ1) is 8.10. The summed E-state index contributed by atoms with van der Waals surface area (Å²) in [6.45, 7) is 3.49. The lowest BCUT2D eigenvalue weighted by Gasteiger charge is -2.04. The molecule has 0 saturated carbocycles. The van der Waals surface area contributed by atoms with Gasteiger partial charge < -0.3 is 0 Å². The number of nitrogens with zero attached hydrogens (tertiary/aromatic N) is 3. The average molecular weight is 227 g/mol. The van der Waals surface area contributed by atoms with Crippen molar-refractivity contribution in [3.8, 4) is 17.3 Å². The fourth-order valence-corrected chi connectivity index (χ4v) is 1.57. The zero-order valence-corrected chi connectivity index (χ0v) is 9.53. The Kier molecular flexibility index (Phi) is 2.84. The zero-order valence-electron chi connectivity index (χ0n) is 9.53. The molecule has 0 amide bonds. The van der Waals surface area contributed by atoms with Crippen LogP contribution in [0.25, 0.3) is 11.3 Å². The average Bonchev–Trinajstić information content (AvgIpc) is 2.32. The van der Waals surface area contributed by atoms with Crippen LogP contribution >= 0.6 is 0 Å². The first-order valence-electron chi connectivity index (χ1n) is 5.12. The summed E-state index contributed by atoms with van der Waals surface area (Å²) in [6, 6.07) is 8.43. The van der Waals surface area contributed by atoms with E-state index >= 15 is 0 Å². The molecule has 0 aliphatic heterocycles. The number of benzene rings is 1. The van der Waals surface area contributed by atoms with Crippen molar-refractivity contribution in [1.82, 2.24) is 9.97 Å². The summed E-state index contributed by atoms with van der Waals surface area (Å²) in [6.07, 6.45) is 0. The summed E-state index contributed by atoms with van der Waals surface area (Å²) in [5.41, 5.74) is 2.69. The van der Waals surface area contributed by atoms with Crippen molar-refractivity contribution in [2.45, 2.75) is 13.8 Å². The topological polar surface area (TPSA) is 49.6 Å². The Labute approximate surface area is 98.6 Å². The maximum absolute atomic E-state index is 13.2. The van der Waals surface area contributed by atoms with Crippen molar-refractivity contribution >= 4 is 0 Å². The molecule has 0 atom stereocenters. The predicted molar refractivity (Wildman–Crippen MR) is 61.6 cm³/mol. The lowest BCUT2D eigenvalue weighted by atomic mass is 10.1. The van der Waals surface area contributed by atoms with Gasteiger partial charge >= 0.3 is 0 Å². The van der Waals surface area contributed by atoms with Crippen LogP contribution in [0.3, 0.4) is 0 Å². The second kappa shape index (κ2) is 4.30. The Hall–Kier alpha value is -2.28. The van der Waals surface area contributed by atoms with E-state index in [4.69, 9.17) is 5.26 Å². The number of hydrogen-bond donors (Lipinski definition) is 0. The number of rotatable bonds is 1. The fourth-order valence-electron chi connectivity index (χ4n) is 1.57. The molecular formula is C13H10FN3. The van der Waals surface area contributed by atoms with Crippen LogP contribution in [0.5, 0.6) is 0 Å². The summed E-state index contributed by atoms with van der Waals surface area (Å²) in [5.74, 6) is -0.123. The maximum atomic E-state index is 13.2. The van der Waals surface area contributed by atoms with E-state index in [9.17, 15) is 4.39 Å². The molecule has 0 radical (unpaired) electrons. The Bertz CT molecular complexity index is 615. The summed E-state index contributed by atoms with van der Waals surface area (Å²) in [5, 5.41) is 8.80. The largest absolute Gasteiger partial charge is 0.232 e. The molecule has 1 aromatic carbocycles. The van der Waals surface area contributed by atoms with Gasteiger partial charge in [0.2, 0.25) is 5.82 Å². The van der Waals surface area contributed by atoms with Crippen molar-refractivity contribution < 1.29 is 4.39 Å². The van der Waals surface area contributed by atoms with Gasteiger partial charge in [-0.1, -0.05) is 0 Å². The van der Waals surface area contributed by atoms with E-state index in [-0.39, 0.29) is 11.6 Å². The zero-order chi connectivity index (χ0) is 12.4. The molecule has 0 spiro atoms. The molecule has 0 fully saturated rings. The van der Waals surface area contributed by atoms with Crippen LogP contribution in [0.1, 0.15) is 17.1 Å². The summed E-state index contributed by atoms with van der Waals surface area (Å²) in [7, 11) is 0. The van der Waals surface area contributed by atoms with Crippen molar-refractivity contribution in [2.24, 2.45) is 0 Å². The van der Waals surface area contributed by atoms with Crippen molar-refractivity contribution in [1.29, 1.82) is 5.26 Å². The van der Waals surface area contributed by atoms with Gasteiger partial charge in [0, 0.05) is 11.3 Å². The van der Waals surface area contributed by atoms with Crippen LogP contribution in [0, 0.1) is 31.0 Å². The van der Waals surface area contributed by atoms with Gasteiger partial charge in [0.25, 0.3) is 0 Å². The Morgan fingerprint density at radius 1 is 1.18 bits per heavy atom. The highest BCUT2D eigenvalue weighted by Gasteiger charge is 2.06. The van der Waals surface area contributed by atoms with Crippen molar-refractivity contribution in [2.75, 3.05) is 0 Å². The molecule has 2 aromatic rings. The van der Waals surface area contributed by atoms with Crippen LogP contribution in [0.2, 0.25) is 0 Å². The van der Waals surface area contributed by atoms with E-state index in [1.165, 1.54) is 6.07 Å². The van der Waals surface area contributed by atoms with E-state index in [2.05, 4.69) is 9.97 Å². The van der Waals surface area contributed by atoms with Gasteiger partial charge in [0.15, 0.2) is 0 Å². The van der Waals surface area contributed by atoms with Crippen LogP contribution in [0.15, 0.2) is 24.3 Å². The third kappa shape index (κ3) is 2.28. The fraction of sp³-hybridized carbons (Fsp3) is 0.154. The molecule has 0 bridgehead atoms. The molecule has 0 saturated heterocycles. The second-order valence-corrected chi connectivity index (χ2v) is 3.79. The van der Waals surface area contributed by atoms with Gasteiger partial charge in [-0.05, 0) is 43.7 Å². The van der Waals surface area contributed by atoms with E-state index < -0.39 is 0 Å². The lowest BCUT2D eigenvalue weighted by Crippen LogP contribution is -1.95. The second-order valence-electron chi connectivity index (χ2n) is 3.79. The van der Waals surface area contributed by atoms with E-state index in [0.29, 0.717) is 17.0 Å². The molecule has 3 nitrogen and oxygen atoms in total. The number of hydrogen-bond acceptors (Lipinski definition) is 3. The maximum Gasteiger partial charge on any atom is 0.232 e. The predicted octanol–water partition coefficient (Wildman–Crippen LogP) is 2.77. The van der Waals surface area contributed by atoms with E-state index in [0.717, 1.165) is 5.56 Å². The monoisotopic (exact) mass is 227 g/mol. The number of halogens is 1. The van der Waals surface area contributed by atoms with Gasteiger partial charge in [-0.15, -0.1) is 0 Å². The lowest BCUT2D eigenvalue weighted by molar-refractivity contribution is 0.619. The molecule has 0 aliphatic rings. The van der Waals surface area contributed by atoms with Gasteiger partial charge in [-0.25, -0.2) is 14.4 Å². The Morgan fingerprint density at radius 2 is 1.94 bits per heavy atom. The molecule has 4 heteroatoms.